The predicted octanol–water partition coefficient (Wildman–Crippen LogP) is 3.01. The zero-order chi connectivity index (χ0) is 12.5. The third-order valence-corrected chi connectivity index (χ3v) is 4.35. The molecule has 0 spiro atoms. The monoisotopic (exact) mass is 258 g/mol. The van der Waals surface area contributed by atoms with Crippen molar-refractivity contribution in [3.8, 4) is 0 Å². The van der Waals surface area contributed by atoms with Crippen LogP contribution in [0.2, 0.25) is 0 Å². The molecule has 18 heavy (non-hydrogen) atoms. The second-order valence-corrected chi connectivity index (χ2v) is 5.38. The van der Waals surface area contributed by atoms with Gasteiger partial charge in [0, 0.05) is 6.42 Å². The fourth-order valence-electron chi connectivity index (χ4n) is 2.51. The van der Waals surface area contributed by atoms with Crippen molar-refractivity contribution in [1.82, 2.24) is 9.59 Å². The van der Waals surface area contributed by atoms with Gasteiger partial charge in [0.2, 0.25) is 0 Å². The van der Waals surface area contributed by atoms with Crippen LogP contribution in [0.3, 0.4) is 0 Å². The number of hydrogen-bond donors (Lipinski definition) is 0. The standard InChI is InChI=1S/C14H14N2OS/c1-2-12-14(18-16-15-12)13(17)8-10-7-9-5-3-4-6-11(9)10/h3-6,10H,2,7-8H2,1H3. The van der Waals surface area contributed by atoms with Gasteiger partial charge < -0.3 is 0 Å². The molecule has 1 heterocycles. The maximum absolute atomic E-state index is 12.2. The highest BCUT2D eigenvalue weighted by Gasteiger charge is 2.29. The lowest BCUT2D eigenvalue weighted by Crippen LogP contribution is -2.20. The highest BCUT2D eigenvalue weighted by Crippen LogP contribution is 2.38. The summed E-state index contributed by atoms with van der Waals surface area (Å²) >= 11 is 1.23. The molecule has 0 saturated heterocycles. The fourth-order valence-corrected chi connectivity index (χ4v) is 3.21. The van der Waals surface area contributed by atoms with Crippen LogP contribution in [0, 0.1) is 0 Å². The normalized spacial score (nSPS) is 17.1. The minimum absolute atomic E-state index is 0.196. The Morgan fingerprint density at radius 3 is 3.06 bits per heavy atom. The van der Waals surface area contributed by atoms with Gasteiger partial charge in [0.05, 0.1) is 5.69 Å². The Morgan fingerprint density at radius 1 is 1.44 bits per heavy atom. The molecule has 0 saturated carbocycles. The van der Waals surface area contributed by atoms with Crippen LogP contribution >= 0.6 is 11.5 Å². The van der Waals surface area contributed by atoms with E-state index in [2.05, 4.69) is 27.8 Å². The van der Waals surface area contributed by atoms with Gasteiger partial charge in [0.1, 0.15) is 4.88 Å². The number of Topliss-reactive ketones (excluding diaryl/α,β-unsaturated/α-hetero) is 1. The number of carbonyl (C=O) groups is 1. The highest BCUT2D eigenvalue weighted by atomic mass is 32.1. The summed E-state index contributed by atoms with van der Waals surface area (Å²) in [5, 5.41) is 4.00. The first-order valence-electron chi connectivity index (χ1n) is 6.21. The second kappa shape index (κ2) is 4.61. The van der Waals surface area contributed by atoms with Crippen LogP contribution in [0.5, 0.6) is 0 Å². The van der Waals surface area contributed by atoms with Crippen LogP contribution in [0.15, 0.2) is 24.3 Å². The van der Waals surface area contributed by atoms with Crippen molar-refractivity contribution < 1.29 is 4.79 Å². The lowest BCUT2D eigenvalue weighted by molar-refractivity contribution is 0.0973. The van der Waals surface area contributed by atoms with Gasteiger partial charge in [-0.2, -0.15) is 0 Å². The summed E-state index contributed by atoms with van der Waals surface area (Å²) in [6.45, 7) is 2.01. The van der Waals surface area contributed by atoms with Crippen LogP contribution in [-0.2, 0) is 12.8 Å². The average molecular weight is 258 g/mol. The maximum atomic E-state index is 12.2. The smallest absolute Gasteiger partial charge is 0.176 e. The minimum Gasteiger partial charge on any atom is -0.293 e. The van der Waals surface area contributed by atoms with E-state index in [1.807, 2.05) is 13.0 Å². The predicted molar refractivity (Wildman–Crippen MR) is 71.1 cm³/mol. The zero-order valence-corrected chi connectivity index (χ0v) is 11.0. The summed E-state index contributed by atoms with van der Waals surface area (Å²) in [6, 6.07) is 8.37. The quantitative estimate of drug-likeness (QED) is 0.792. The van der Waals surface area contributed by atoms with E-state index in [-0.39, 0.29) is 5.78 Å². The Bertz CT molecular complexity index is 591. The van der Waals surface area contributed by atoms with Crippen LogP contribution in [-0.4, -0.2) is 15.4 Å². The van der Waals surface area contributed by atoms with Gasteiger partial charge in [0.15, 0.2) is 5.78 Å². The number of carbonyl (C=O) groups excluding carboxylic acids is 1. The lowest BCUT2D eigenvalue weighted by atomic mass is 9.75. The first kappa shape index (κ1) is 11.5. The summed E-state index contributed by atoms with van der Waals surface area (Å²) in [5.41, 5.74) is 3.56. The Morgan fingerprint density at radius 2 is 2.28 bits per heavy atom. The molecular weight excluding hydrogens is 244 g/mol. The number of fused-ring (bicyclic) bond motifs is 1. The molecule has 0 N–H and O–H groups in total. The molecule has 1 unspecified atom stereocenters. The number of rotatable bonds is 4. The van der Waals surface area contributed by atoms with Gasteiger partial charge in [-0.3, -0.25) is 4.79 Å². The average Bonchev–Trinajstić information content (AvgIpc) is 2.84. The van der Waals surface area contributed by atoms with E-state index in [1.165, 1.54) is 22.7 Å². The van der Waals surface area contributed by atoms with Crippen LogP contribution in [0.1, 0.15) is 45.8 Å². The third-order valence-electron chi connectivity index (χ3n) is 3.54. The van der Waals surface area contributed by atoms with Crippen molar-refractivity contribution in [1.29, 1.82) is 0 Å². The van der Waals surface area contributed by atoms with E-state index in [4.69, 9.17) is 0 Å². The molecule has 4 heteroatoms. The number of ketones is 1. The second-order valence-electron chi connectivity index (χ2n) is 4.63. The molecular formula is C14H14N2OS. The van der Waals surface area contributed by atoms with Gasteiger partial charge in [-0.1, -0.05) is 35.7 Å². The van der Waals surface area contributed by atoms with E-state index in [0.717, 1.165) is 23.4 Å². The molecule has 0 aliphatic heterocycles. The first-order chi connectivity index (χ1) is 8.79. The molecule has 2 aromatic rings. The van der Waals surface area contributed by atoms with Crippen molar-refractivity contribution >= 4 is 17.3 Å². The molecule has 92 valence electrons. The molecule has 1 atom stereocenters. The van der Waals surface area contributed by atoms with E-state index < -0.39 is 0 Å². The van der Waals surface area contributed by atoms with Crippen molar-refractivity contribution in [2.45, 2.75) is 32.1 Å². The summed E-state index contributed by atoms with van der Waals surface area (Å²) < 4.78 is 3.88. The molecule has 3 rings (SSSR count). The van der Waals surface area contributed by atoms with Gasteiger partial charge in [0.25, 0.3) is 0 Å². The molecule has 3 nitrogen and oxygen atoms in total. The van der Waals surface area contributed by atoms with Crippen molar-refractivity contribution in [2.75, 3.05) is 0 Å². The number of benzene rings is 1. The number of aryl methyl sites for hydroxylation is 1. The van der Waals surface area contributed by atoms with Crippen molar-refractivity contribution in [3.63, 3.8) is 0 Å². The zero-order valence-electron chi connectivity index (χ0n) is 10.2. The van der Waals surface area contributed by atoms with E-state index >= 15 is 0 Å². The van der Waals surface area contributed by atoms with Gasteiger partial charge in [-0.25, -0.2) is 0 Å². The van der Waals surface area contributed by atoms with Crippen molar-refractivity contribution in [2.24, 2.45) is 0 Å². The summed E-state index contributed by atoms with van der Waals surface area (Å²) in [5.74, 6) is 0.585. The molecule has 0 fully saturated rings. The highest BCUT2D eigenvalue weighted by molar-refractivity contribution is 7.08. The van der Waals surface area contributed by atoms with Crippen molar-refractivity contribution in [3.05, 3.63) is 46.0 Å². The summed E-state index contributed by atoms with van der Waals surface area (Å²) in [7, 11) is 0. The summed E-state index contributed by atoms with van der Waals surface area (Å²) in [4.78, 5) is 13.0. The van der Waals surface area contributed by atoms with Crippen LogP contribution < -0.4 is 0 Å². The Kier molecular flexibility index (Phi) is 2.96. The lowest BCUT2D eigenvalue weighted by Gasteiger charge is -2.29. The number of hydrogen-bond acceptors (Lipinski definition) is 4. The SMILES string of the molecule is CCc1nnsc1C(=O)CC1Cc2ccccc21. The van der Waals surface area contributed by atoms with E-state index in [9.17, 15) is 4.79 Å². The molecule has 1 aromatic heterocycles. The molecule has 1 aromatic carbocycles. The Balaban J connectivity index is 1.74. The Hall–Kier alpha value is -1.55. The van der Waals surface area contributed by atoms with Crippen LogP contribution in [0.25, 0.3) is 0 Å². The first-order valence-corrected chi connectivity index (χ1v) is 6.99. The molecule has 0 bridgehead atoms. The van der Waals surface area contributed by atoms with Gasteiger partial charge >= 0.3 is 0 Å². The molecule has 0 amide bonds. The topological polar surface area (TPSA) is 42.9 Å². The van der Waals surface area contributed by atoms with Crippen LogP contribution in [0.4, 0.5) is 0 Å². The minimum atomic E-state index is 0.196. The molecule has 0 radical (unpaired) electrons. The summed E-state index contributed by atoms with van der Waals surface area (Å²) in [6.07, 6.45) is 2.39. The maximum Gasteiger partial charge on any atom is 0.176 e. The molecule has 1 aliphatic carbocycles. The van der Waals surface area contributed by atoms with Gasteiger partial charge in [-0.05, 0) is 41.4 Å². The Labute approximate surface area is 110 Å². The third kappa shape index (κ3) is 1.86. The van der Waals surface area contributed by atoms with E-state index in [1.54, 1.807) is 0 Å². The van der Waals surface area contributed by atoms with Gasteiger partial charge in [-0.15, -0.1) is 5.10 Å². The molecule has 1 aliphatic rings. The largest absolute Gasteiger partial charge is 0.293 e. The number of aromatic nitrogens is 2. The number of nitrogens with zero attached hydrogens (tertiary/aromatic N) is 2. The van der Waals surface area contributed by atoms with E-state index in [0.29, 0.717) is 12.3 Å². The fraction of sp³-hybridized carbons (Fsp3) is 0.357.